The first-order chi connectivity index (χ1) is 20.0. The van der Waals surface area contributed by atoms with Crippen molar-refractivity contribution >= 4 is 29.0 Å². The van der Waals surface area contributed by atoms with Gasteiger partial charge in [-0.15, -0.1) is 0 Å². The summed E-state index contributed by atoms with van der Waals surface area (Å²) >= 11 is 0. The molecular formula is C33H38N6O3. The number of aromatic nitrogens is 2. The molecule has 5 N–H and O–H groups in total. The SMILES string of the molecule is Cc1c(NC(=O)c2ccc(C(C)(C)C)cc2)cccc1-c1cn(C)c(=O)c(Nc2ccc(C(=O)NCCCN)cc2)n1. The number of rotatable bonds is 9. The average molecular weight is 567 g/mol. The van der Waals surface area contributed by atoms with E-state index in [-0.39, 0.29) is 28.6 Å². The zero-order chi connectivity index (χ0) is 30.4. The van der Waals surface area contributed by atoms with Gasteiger partial charge in [0, 0.05) is 47.9 Å². The molecule has 0 aliphatic rings. The molecule has 0 atom stereocenters. The molecule has 4 aromatic rings. The number of benzene rings is 3. The largest absolute Gasteiger partial charge is 0.352 e. The minimum Gasteiger partial charge on any atom is -0.352 e. The van der Waals surface area contributed by atoms with Gasteiger partial charge in [-0.1, -0.05) is 45.0 Å². The number of hydrogen-bond acceptors (Lipinski definition) is 6. The molecule has 1 heterocycles. The predicted molar refractivity (Wildman–Crippen MR) is 168 cm³/mol. The fourth-order valence-corrected chi connectivity index (χ4v) is 4.43. The first-order valence-electron chi connectivity index (χ1n) is 13.9. The van der Waals surface area contributed by atoms with Gasteiger partial charge in [0.2, 0.25) is 0 Å². The molecule has 0 spiro atoms. The zero-order valence-electron chi connectivity index (χ0n) is 24.7. The lowest BCUT2D eigenvalue weighted by Crippen LogP contribution is -2.25. The second-order valence-electron chi connectivity index (χ2n) is 11.3. The Morgan fingerprint density at radius 1 is 0.929 bits per heavy atom. The highest BCUT2D eigenvalue weighted by atomic mass is 16.2. The third-order valence-electron chi connectivity index (χ3n) is 7.02. The molecular weight excluding hydrogens is 528 g/mol. The first kappa shape index (κ1) is 30.2. The molecule has 42 heavy (non-hydrogen) atoms. The number of nitrogens with two attached hydrogens (primary N) is 1. The maximum Gasteiger partial charge on any atom is 0.293 e. The van der Waals surface area contributed by atoms with Crippen molar-refractivity contribution in [2.24, 2.45) is 12.8 Å². The molecule has 0 fully saturated rings. The smallest absolute Gasteiger partial charge is 0.293 e. The molecule has 0 aliphatic carbocycles. The Morgan fingerprint density at radius 3 is 2.21 bits per heavy atom. The highest BCUT2D eigenvalue weighted by molar-refractivity contribution is 6.05. The molecule has 0 radical (unpaired) electrons. The van der Waals surface area contributed by atoms with Crippen LogP contribution in [0.4, 0.5) is 17.2 Å². The summed E-state index contributed by atoms with van der Waals surface area (Å²) in [5, 5.41) is 8.92. The normalized spacial score (nSPS) is 11.2. The second-order valence-corrected chi connectivity index (χ2v) is 11.3. The highest BCUT2D eigenvalue weighted by Crippen LogP contribution is 2.29. The maximum atomic E-state index is 13.1. The van der Waals surface area contributed by atoms with Crippen LogP contribution < -0.4 is 27.2 Å². The number of hydrogen-bond donors (Lipinski definition) is 4. The summed E-state index contributed by atoms with van der Waals surface area (Å²) in [6, 6.07) is 20.0. The molecule has 2 amide bonds. The van der Waals surface area contributed by atoms with Gasteiger partial charge in [0.1, 0.15) is 0 Å². The second kappa shape index (κ2) is 12.8. The van der Waals surface area contributed by atoms with E-state index in [1.54, 1.807) is 37.5 Å². The Kier molecular flexibility index (Phi) is 9.22. The van der Waals surface area contributed by atoms with Crippen LogP contribution in [0.15, 0.2) is 77.7 Å². The van der Waals surface area contributed by atoms with Gasteiger partial charge in [0.15, 0.2) is 5.82 Å². The van der Waals surface area contributed by atoms with E-state index in [2.05, 4.69) is 41.7 Å². The third-order valence-corrected chi connectivity index (χ3v) is 7.02. The minimum absolute atomic E-state index is 0.000775. The van der Waals surface area contributed by atoms with Crippen molar-refractivity contribution in [2.75, 3.05) is 23.7 Å². The lowest BCUT2D eigenvalue weighted by molar-refractivity contribution is 0.0952. The molecule has 0 unspecified atom stereocenters. The van der Waals surface area contributed by atoms with Crippen LogP contribution in [0.2, 0.25) is 0 Å². The fraction of sp³-hybridized carbons (Fsp3) is 0.273. The molecule has 0 bridgehead atoms. The van der Waals surface area contributed by atoms with Gasteiger partial charge >= 0.3 is 0 Å². The van der Waals surface area contributed by atoms with Crippen molar-refractivity contribution in [3.63, 3.8) is 0 Å². The Hall–Kier alpha value is -4.76. The quantitative estimate of drug-likeness (QED) is 0.208. The van der Waals surface area contributed by atoms with E-state index < -0.39 is 0 Å². The Morgan fingerprint density at radius 2 is 1.57 bits per heavy atom. The van der Waals surface area contributed by atoms with E-state index in [0.29, 0.717) is 47.7 Å². The predicted octanol–water partition coefficient (Wildman–Crippen LogP) is 5.13. The zero-order valence-corrected chi connectivity index (χ0v) is 24.7. The van der Waals surface area contributed by atoms with Gasteiger partial charge in [0.05, 0.1) is 5.69 Å². The fourth-order valence-electron chi connectivity index (χ4n) is 4.43. The lowest BCUT2D eigenvalue weighted by Gasteiger charge is -2.19. The van der Waals surface area contributed by atoms with Gasteiger partial charge in [-0.05, 0) is 78.9 Å². The standard InChI is InChI=1S/C33H38N6O3/c1-21-26(8-6-9-27(21)38-31(41)23-10-14-24(15-11-23)33(2,3)4)28-20-39(5)32(42)29(37-28)36-25-16-12-22(13-17-25)30(40)35-19-7-18-34/h6,8-17,20H,7,18-19,34H2,1-5H3,(H,35,40)(H,36,37)(H,38,41). The summed E-state index contributed by atoms with van der Waals surface area (Å²) < 4.78 is 1.46. The topological polar surface area (TPSA) is 131 Å². The maximum absolute atomic E-state index is 13.1. The number of nitrogens with zero attached hydrogens (tertiary/aromatic N) is 2. The molecule has 9 heteroatoms. The van der Waals surface area contributed by atoms with E-state index in [1.165, 1.54) is 4.57 Å². The van der Waals surface area contributed by atoms with Crippen molar-refractivity contribution in [3.05, 3.63) is 106 Å². The number of carbonyl (C=O) groups excluding carboxylic acids is 2. The van der Waals surface area contributed by atoms with Crippen LogP contribution in [-0.4, -0.2) is 34.5 Å². The van der Waals surface area contributed by atoms with Crippen LogP contribution in [-0.2, 0) is 12.5 Å². The van der Waals surface area contributed by atoms with Crippen molar-refractivity contribution < 1.29 is 9.59 Å². The third kappa shape index (κ3) is 7.11. The van der Waals surface area contributed by atoms with Crippen LogP contribution in [0, 0.1) is 6.92 Å². The summed E-state index contributed by atoms with van der Waals surface area (Å²) in [6.07, 6.45) is 2.37. The van der Waals surface area contributed by atoms with Crippen LogP contribution in [0.25, 0.3) is 11.3 Å². The summed E-state index contributed by atoms with van der Waals surface area (Å²) in [5.74, 6) is -0.249. The van der Waals surface area contributed by atoms with E-state index in [9.17, 15) is 14.4 Å². The van der Waals surface area contributed by atoms with Gasteiger partial charge < -0.3 is 26.3 Å². The Bertz CT molecular complexity index is 1630. The molecule has 0 aliphatic heterocycles. The van der Waals surface area contributed by atoms with Gasteiger partial charge in [-0.3, -0.25) is 14.4 Å². The summed E-state index contributed by atoms with van der Waals surface area (Å²) in [6.45, 7) is 9.33. The van der Waals surface area contributed by atoms with Gasteiger partial charge in [0.25, 0.3) is 17.4 Å². The minimum atomic E-state index is -0.303. The van der Waals surface area contributed by atoms with Gasteiger partial charge in [-0.2, -0.15) is 0 Å². The van der Waals surface area contributed by atoms with Crippen LogP contribution >= 0.6 is 0 Å². The number of amides is 2. The number of nitrogens with one attached hydrogen (secondary N) is 3. The molecule has 0 saturated heterocycles. The Balaban J connectivity index is 1.55. The average Bonchev–Trinajstić information content (AvgIpc) is 2.96. The molecule has 4 rings (SSSR count). The van der Waals surface area contributed by atoms with Crippen LogP contribution in [0.3, 0.4) is 0 Å². The molecule has 3 aromatic carbocycles. The number of aryl methyl sites for hydroxylation is 1. The molecule has 9 nitrogen and oxygen atoms in total. The Labute approximate surface area is 246 Å². The van der Waals surface area contributed by atoms with Crippen molar-refractivity contribution in [2.45, 2.75) is 39.5 Å². The van der Waals surface area contributed by atoms with E-state index in [0.717, 1.165) is 16.7 Å². The van der Waals surface area contributed by atoms with Gasteiger partial charge in [-0.25, -0.2) is 4.98 Å². The van der Waals surface area contributed by atoms with Crippen LogP contribution in [0.1, 0.15) is 59.0 Å². The van der Waals surface area contributed by atoms with Crippen LogP contribution in [0.5, 0.6) is 0 Å². The summed E-state index contributed by atoms with van der Waals surface area (Å²) in [7, 11) is 1.66. The highest BCUT2D eigenvalue weighted by Gasteiger charge is 2.17. The van der Waals surface area contributed by atoms with Crippen molar-refractivity contribution in [1.29, 1.82) is 0 Å². The van der Waals surface area contributed by atoms with E-state index in [1.807, 2.05) is 49.4 Å². The van der Waals surface area contributed by atoms with E-state index >= 15 is 0 Å². The monoisotopic (exact) mass is 566 g/mol. The van der Waals surface area contributed by atoms with Crippen molar-refractivity contribution in [3.8, 4) is 11.3 Å². The summed E-state index contributed by atoms with van der Waals surface area (Å²) in [5.41, 5.74) is 10.8. The number of anilines is 3. The summed E-state index contributed by atoms with van der Waals surface area (Å²) in [4.78, 5) is 42.9. The lowest BCUT2D eigenvalue weighted by atomic mass is 9.86. The first-order valence-corrected chi connectivity index (χ1v) is 13.9. The molecule has 218 valence electrons. The van der Waals surface area contributed by atoms with E-state index in [4.69, 9.17) is 5.73 Å². The molecule has 0 saturated carbocycles. The molecule has 1 aromatic heterocycles. The van der Waals surface area contributed by atoms with Crippen molar-refractivity contribution in [1.82, 2.24) is 14.9 Å². The number of carbonyl (C=O) groups is 2.